The maximum Gasteiger partial charge on any atom is 0.170 e. The first-order valence-electron chi connectivity index (χ1n) is 5.58. The van der Waals surface area contributed by atoms with Crippen LogP contribution in [0.4, 0.5) is 0 Å². The van der Waals surface area contributed by atoms with E-state index >= 15 is 0 Å². The van der Waals surface area contributed by atoms with Gasteiger partial charge < -0.3 is 10.4 Å². The largest absolute Gasteiger partial charge is 0.410 e. The fourth-order valence-electron chi connectivity index (χ4n) is 1.54. The Labute approximate surface area is 115 Å². The number of hydrogen-bond donors (Lipinski definition) is 2. The predicted octanol–water partition coefficient (Wildman–Crippen LogP) is 3.44. The molecule has 0 aromatic heterocycles. The molecule has 4 nitrogen and oxygen atoms in total. The molecular weight excluding hydrogens is 260 g/mol. The molecule has 0 radical (unpaired) electrons. The number of hydrogen-bond acceptors (Lipinski definition) is 5. The fraction of sp³-hybridized carbons (Fsp3) is 0. The highest BCUT2D eigenvalue weighted by molar-refractivity contribution is 8.15. The zero-order chi connectivity index (χ0) is 13.5. The van der Waals surface area contributed by atoms with Crippen LogP contribution in [-0.2, 0) is 0 Å². The molecule has 2 aromatic rings. The quantitative estimate of drug-likeness (QED) is 0.296. The van der Waals surface area contributed by atoms with Gasteiger partial charge in [-0.05, 0) is 12.1 Å². The highest BCUT2D eigenvalue weighted by Crippen LogP contribution is 2.21. The van der Waals surface area contributed by atoms with Gasteiger partial charge in [-0.2, -0.15) is 0 Å². The third-order valence-electron chi connectivity index (χ3n) is 2.40. The second-order valence-corrected chi connectivity index (χ2v) is 4.70. The minimum absolute atomic E-state index is 0.233. The van der Waals surface area contributed by atoms with Gasteiger partial charge >= 0.3 is 0 Å². The molecule has 0 amide bonds. The van der Waals surface area contributed by atoms with Crippen molar-refractivity contribution in [1.29, 1.82) is 0 Å². The zero-order valence-corrected chi connectivity index (χ0v) is 10.8. The lowest BCUT2D eigenvalue weighted by molar-refractivity contribution is 0.315. The molecule has 2 aromatic carbocycles. The molecule has 2 rings (SSSR count). The lowest BCUT2D eigenvalue weighted by Crippen LogP contribution is -2.12. The molecule has 0 aliphatic heterocycles. The van der Waals surface area contributed by atoms with Crippen LogP contribution in [0.5, 0.6) is 0 Å². The standard InChI is InChI=1S/C14H12N2O2S/c17-15-13(11-7-3-1-4-8-11)14(16-18)19-12-9-5-2-6-10-12/h1-10,17-18H. The summed E-state index contributed by atoms with van der Waals surface area (Å²) in [6.45, 7) is 0. The summed E-state index contributed by atoms with van der Waals surface area (Å²) < 4.78 is 0. The van der Waals surface area contributed by atoms with E-state index in [2.05, 4.69) is 10.3 Å². The summed E-state index contributed by atoms with van der Waals surface area (Å²) in [5, 5.41) is 25.0. The van der Waals surface area contributed by atoms with Gasteiger partial charge in [-0.1, -0.05) is 70.6 Å². The fourth-order valence-corrected chi connectivity index (χ4v) is 2.35. The van der Waals surface area contributed by atoms with Gasteiger partial charge in [-0.25, -0.2) is 0 Å². The van der Waals surface area contributed by atoms with Crippen LogP contribution >= 0.6 is 11.8 Å². The van der Waals surface area contributed by atoms with Crippen LogP contribution < -0.4 is 0 Å². The average Bonchev–Trinajstić information content (AvgIpc) is 2.49. The maximum absolute atomic E-state index is 9.14. The van der Waals surface area contributed by atoms with Crippen molar-refractivity contribution < 1.29 is 10.4 Å². The van der Waals surface area contributed by atoms with Crippen molar-refractivity contribution in [3.05, 3.63) is 66.2 Å². The van der Waals surface area contributed by atoms with Crippen molar-refractivity contribution in [2.24, 2.45) is 10.3 Å². The summed E-state index contributed by atoms with van der Waals surface area (Å²) >= 11 is 1.23. The Morgan fingerprint density at radius 2 is 1.37 bits per heavy atom. The minimum atomic E-state index is 0.233. The monoisotopic (exact) mass is 272 g/mol. The maximum atomic E-state index is 9.14. The third-order valence-corrected chi connectivity index (χ3v) is 3.37. The molecule has 0 aliphatic rings. The molecule has 0 spiro atoms. The van der Waals surface area contributed by atoms with E-state index in [1.54, 1.807) is 12.1 Å². The number of nitrogens with zero attached hydrogens (tertiary/aromatic N) is 2. The van der Waals surface area contributed by atoms with Crippen molar-refractivity contribution in [3.8, 4) is 0 Å². The second kappa shape index (κ2) is 6.61. The van der Waals surface area contributed by atoms with Crippen LogP contribution in [0, 0.1) is 0 Å². The lowest BCUT2D eigenvalue weighted by Gasteiger charge is -2.06. The number of thioether (sulfide) groups is 1. The molecule has 0 aliphatic carbocycles. The molecule has 0 unspecified atom stereocenters. The second-order valence-electron chi connectivity index (χ2n) is 3.63. The normalized spacial score (nSPS) is 12.4. The molecule has 0 saturated carbocycles. The van der Waals surface area contributed by atoms with Crippen molar-refractivity contribution in [2.75, 3.05) is 0 Å². The number of benzene rings is 2. The van der Waals surface area contributed by atoms with E-state index in [0.29, 0.717) is 5.56 Å². The van der Waals surface area contributed by atoms with Crippen LogP contribution in [0.15, 0.2) is 75.9 Å². The summed E-state index contributed by atoms with van der Waals surface area (Å²) in [4.78, 5) is 0.896. The Hall–Kier alpha value is -2.27. The predicted molar refractivity (Wildman–Crippen MR) is 76.3 cm³/mol. The molecule has 0 fully saturated rings. The van der Waals surface area contributed by atoms with E-state index in [0.717, 1.165) is 4.90 Å². The van der Waals surface area contributed by atoms with E-state index in [9.17, 15) is 0 Å². The minimum Gasteiger partial charge on any atom is -0.410 e. The lowest BCUT2D eigenvalue weighted by atomic mass is 10.1. The Bertz CT molecular complexity index is 583. The highest BCUT2D eigenvalue weighted by Gasteiger charge is 2.14. The SMILES string of the molecule is ON=C(Sc1ccccc1)C(=NO)c1ccccc1. The van der Waals surface area contributed by atoms with Crippen LogP contribution in [-0.4, -0.2) is 21.2 Å². The molecule has 2 N–H and O–H groups in total. The summed E-state index contributed by atoms with van der Waals surface area (Å²) in [6, 6.07) is 18.5. The van der Waals surface area contributed by atoms with Crippen LogP contribution in [0.1, 0.15) is 5.56 Å². The van der Waals surface area contributed by atoms with Crippen molar-refractivity contribution in [2.45, 2.75) is 4.90 Å². The molecule has 0 atom stereocenters. The first-order chi connectivity index (χ1) is 9.35. The van der Waals surface area contributed by atoms with Gasteiger partial charge in [-0.15, -0.1) is 0 Å². The average molecular weight is 272 g/mol. The van der Waals surface area contributed by atoms with Gasteiger partial charge in [0.05, 0.1) is 0 Å². The van der Waals surface area contributed by atoms with Gasteiger partial charge in [0.1, 0.15) is 5.71 Å². The zero-order valence-electron chi connectivity index (χ0n) is 9.97. The Morgan fingerprint density at radius 1 is 0.789 bits per heavy atom. The summed E-state index contributed by atoms with van der Waals surface area (Å²) in [5.41, 5.74) is 0.915. The van der Waals surface area contributed by atoms with Crippen molar-refractivity contribution >= 4 is 22.5 Å². The van der Waals surface area contributed by atoms with Crippen LogP contribution in [0.25, 0.3) is 0 Å². The van der Waals surface area contributed by atoms with E-state index in [1.165, 1.54) is 11.8 Å². The Morgan fingerprint density at radius 3 is 1.89 bits per heavy atom. The summed E-state index contributed by atoms with van der Waals surface area (Å²) in [6.07, 6.45) is 0. The number of rotatable bonds is 3. The van der Waals surface area contributed by atoms with Gasteiger partial charge in [0.2, 0.25) is 0 Å². The van der Waals surface area contributed by atoms with E-state index < -0.39 is 0 Å². The van der Waals surface area contributed by atoms with Gasteiger partial charge in [0.15, 0.2) is 5.04 Å². The molecule has 96 valence electrons. The molecule has 0 bridgehead atoms. The molecule has 0 saturated heterocycles. The van der Waals surface area contributed by atoms with Gasteiger partial charge in [0, 0.05) is 10.5 Å². The molecular formula is C14H12N2O2S. The van der Waals surface area contributed by atoms with E-state index in [1.807, 2.05) is 48.5 Å². The highest BCUT2D eigenvalue weighted by atomic mass is 32.2. The summed E-state index contributed by atoms with van der Waals surface area (Å²) in [5.74, 6) is 0. The molecule has 19 heavy (non-hydrogen) atoms. The first-order valence-corrected chi connectivity index (χ1v) is 6.39. The van der Waals surface area contributed by atoms with E-state index in [4.69, 9.17) is 10.4 Å². The summed E-state index contributed by atoms with van der Waals surface area (Å²) in [7, 11) is 0. The third kappa shape index (κ3) is 3.35. The van der Waals surface area contributed by atoms with Crippen molar-refractivity contribution in [1.82, 2.24) is 0 Å². The Kier molecular flexibility index (Phi) is 4.58. The number of oxime groups is 2. The molecule has 5 heteroatoms. The van der Waals surface area contributed by atoms with Crippen LogP contribution in [0.3, 0.4) is 0 Å². The smallest absolute Gasteiger partial charge is 0.170 e. The molecule has 0 heterocycles. The van der Waals surface area contributed by atoms with Gasteiger partial charge in [0.25, 0.3) is 0 Å². The van der Waals surface area contributed by atoms with Crippen molar-refractivity contribution in [3.63, 3.8) is 0 Å². The van der Waals surface area contributed by atoms with E-state index in [-0.39, 0.29) is 10.8 Å². The van der Waals surface area contributed by atoms with Crippen LogP contribution in [0.2, 0.25) is 0 Å². The van der Waals surface area contributed by atoms with Gasteiger partial charge in [-0.3, -0.25) is 0 Å². The topological polar surface area (TPSA) is 65.2 Å². The Balaban J connectivity index is 2.27. The first kappa shape index (κ1) is 13.2.